The highest BCUT2D eigenvalue weighted by atomic mass is 79.9. The fourth-order valence-electron chi connectivity index (χ4n) is 3.40. The Labute approximate surface area is 136 Å². The molecule has 3 unspecified atom stereocenters. The molecule has 0 saturated heterocycles. The van der Waals surface area contributed by atoms with Crippen molar-refractivity contribution in [1.29, 1.82) is 0 Å². The standard InChI is InChI=1S/C17H25BrClN/c1-3-9-20-17(15-6-4-5-12(15)2)10-13-7-8-14(18)11-16(13)19/h7-8,11-12,15,17,20H,3-6,9-10H2,1-2H3. The lowest BCUT2D eigenvalue weighted by Gasteiger charge is -2.28. The minimum atomic E-state index is 0.561. The van der Waals surface area contributed by atoms with Crippen LogP contribution >= 0.6 is 27.5 Å². The molecular formula is C17H25BrClN. The highest BCUT2D eigenvalue weighted by molar-refractivity contribution is 9.10. The van der Waals surface area contributed by atoms with Crippen LogP contribution in [-0.2, 0) is 6.42 Å². The van der Waals surface area contributed by atoms with Gasteiger partial charge in [-0.05, 0) is 55.3 Å². The zero-order valence-corrected chi connectivity index (χ0v) is 14.8. The topological polar surface area (TPSA) is 12.0 Å². The molecule has 0 bridgehead atoms. The molecule has 3 atom stereocenters. The average molecular weight is 359 g/mol. The second-order valence-electron chi connectivity index (χ2n) is 6.07. The molecular weight excluding hydrogens is 334 g/mol. The summed E-state index contributed by atoms with van der Waals surface area (Å²) in [4.78, 5) is 0. The van der Waals surface area contributed by atoms with E-state index >= 15 is 0 Å². The molecule has 2 rings (SSSR count). The zero-order valence-electron chi connectivity index (χ0n) is 12.5. The summed E-state index contributed by atoms with van der Waals surface area (Å²) in [6, 6.07) is 6.82. The van der Waals surface area contributed by atoms with Gasteiger partial charge < -0.3 is 5.32 Å². The second kappa shape index (κ2) is 7.82. The summed E-state index contributed by atoms with van der Waals surface area (Å²) in [5, 5.41) is 4.64. The monoisotopic (exact) mass is 357 g/mol. The minimum Gasteiger partial charge on any atom is -0.313 e. The number of hydrogen-bond donors (Lipinski definition) is 1. The third-order valence-electron chi connectivity index (χ3n) is 4.56. The third kappa shape index (κ3) is 4.22. The predicted molar refractivity (Wildman–Crippen MR) is 91.4 cm³/mol. The Hall–Kier alpha value is -0.0500. The van der Waals surface area contributed by atoms with Crippen LogP contribution in [0.1, 0.15) is 45.1 Å². The molecule has 1 N–H and O–H groups in total. The van der Waals surface area contributed by atoms with Crippen LogP contribution in [0.15, 0.2) is 22.7 Å². The van der Waals surface area contributed by atoms with Crippen LogP contribution < -0.4 is 5.32 Å². The van der Waals surface area contributed by atoms with Gasteiger partial charge in [0.05, 0.1) is 0 Å². The van der Waals surface area contributed by atoms with Crippen molar-refractivity contribution in [1.82, 2.24) is 5.32 Å². The summed E-state index contributed by atoms with van der Waals surface area (Å²) in [5.74, 6) is 1.62. The molecule has 1 aliphatic rings. The van der Waals surface area contributed by atoms with E-state index in [1.165, 1.54) is 31.2 Å². The normalized spacial score (nSPS) is 24.0. The van der Waals surface area contributed by atoms with Crippen LogP contribution in [0.3, 0.4) is 0 Å². The van der Waals surface area contributed by atoms with Crippen molar-refractivity contribution in [2.24, 2.45) is 11.8 Å². The Morgan fingerprint density at radius 2 is 2.20 bits per heavy atom. The van der Waals surface area contributed by atoms with E-state index < -0.39 is 0 Å². The van der Waals surface area contributed by atoms with Gasteiger partial charge in [-0.25, -0.2) is 0 Å². The SMILES string of the molecule is CCCNC(Cc1ccc(Br)cc1Cl)C1CCCC1C. The summed E-state index contributed by atoms with van der Waals surface area (Å²) in [6.07, 6.45) is 6.34. The molecule has 1 fully saturated rings. The van der Waals surface area contributed by atoms with Crippen LogP contribution in [0.5, 0.6) is 0 Å². The van der Waals surface area contributed by atoms with E-state index in [2.05, 4.69) is 47.2 Å². The first-order chi connectivity index (χ1) is 9.61. The maximum Gasteiger partial charge on any atom is 0.0449 e. The fourth-order valence-corrected chi connectivity index (χ4v) is 4.15. The maximum atomic E-state index is 6.39. The first-order valence-electron chi connectivity index (χ1n) is 7.79. The predicted octanol–water partition coefficient (Wildman–Crippen LogP) is 5.45. The van der Waals surface area contributed by atoms with Crippen LogP contribution in [-0.4, -0.2) is 12.6 Å². The van der Waals surface area contributed by atoms with Crippen molar-refractivity contribution in [3.63, 3.8) is 0 Å². The summed E-state index contributed by atoms with van der Waals surface area (Å²) in [7, 11) is 0. The smallest absolute Gasteiger partial charge is 0.0449 e. The minimum absolute atomic E-state index is 0.561. The van der Waals surface area contributed by atoms with E-state index in [1.807, 2.05) is 6.07 Å². The maximum absolute atomic E-state index is 6.39. The molecule has 0 amide bonds. The van der Waals surface area contributed by atoms with Gasteiger partial charge in [0.15, 0.2) is 0 Å². The molecule has 0 spiro atoms. The van der Waals surface area contributed by atoms with Gasteiger partial charge in [0, 0.05) is 15.5 Å². The second-order valence-corrected chi connectivity index (χ2v) is 7.40. The van der Waals surface area contributed by atoms with E-state index in [0.717, 1.165) is 34.3 Å². The van der Waals surface area contributed by atoms with Gasteiger partial charge in [-0.15, -0.1) is 0 Å². The Morgan fingerprint density at radius 3 is 2.80 bits per heavy atom. The van der Waals surface area contributed by atoms with Gasteiger partial charge in [0.1, 0.15) is 0 Å². The molecule has 112 valence electrons. The third-order valence-corrected chi connectivity index (χ3v) is 5.40. The summed E-state index contributed by atoms with van der Waals surface area (Å²) in [5.41, 5.74) is 1.27. The largest absolute Gasteiger partial charge is 0.313 e. The first-order valence-corrected chi connectivity index (χ1v) is 8.96. The van der Waals surface area contributed by atoms with Crippen LogP contribution in [0.4, 0.5) is 0 Å². The van der Waals surface area contributed by atoms with Gasteiger partial charge in [0.2, 0.25) is 0 Å². The van der Waals surface area contributed by atoms with Gasteiger partial charge in [-0.1, -0.05) is 60.3 Å². The van der Waals surface area contributed by atoms with Crippen molar-refractivity contribution in [2.75, 3.05) is 6.54 Å². The van der Waals surface area contributed by atoms with Crippen molar-refractivity contribution in [3.8, 4) is 0 Å². The first kappa shape index (κ1) is 16.3. The number of rotatable bonds is 6. The zero-order chi connectivity index (χ0) is 14.5. The van der Waals surface area contributed by atoms with Crippen molar-refractivity contribution < 1.29 is 0 Å². The Balaban J connectivity index is 2.10. The van der Waals surface area contributed by atoms with Crippen molar-refractivity contribution in [2.45, 2.75) is 52.0 Å². The summed E-state index contributed by atoms with van der Waals surface area (Å²) < 4.78 is 1.05. The fraction of sp³-hybridized carbons (Fsp3) is 0.647. The van der Waals surface area contributed by atoms with E-state index in [9.17, 15) is 0 Å². The van der Waals surface area contributed by atoms with Crippen molar-refractivity contribution >= 4 is 27.5 Å². The number of benzene rings is 1. The number of nitrogens with one attached hydrogen (secondary N) is 1. The van der Waals surface area contributed by atoms with Gasteiger partial charge in [0.25, 0.3) is 0 Å². The summed E-state index contributed by atoms with van der Waals surface area (Å²) >= 11 is 9.87. The van der Waals surface area contributed by atoms with Crippen LogP contribution in [0, 0.1) is 11.8 Å². The molecule has 20 heavy (non-hydrogen) atoms. The van der Waals surface area contributed by atoms with E-state index in [-0.39, 0.29) is 0 Å². The van der Waals surface area contributed by atoms with Gasteiger partial charge in [-0.2, -0.15) is 0 Å². The quantitative estimate of drug-likeness (QED) is 0.713. The molecule has 1 aliphatic carbocycles. The molecule has 1 saturated carbocycles. The van der Waals surface area contributed by atoms with Crippen LogP contribution in [0.25, 0.3) is 0 Å². The van der Waals surface area contributed by atoms with Crippen molar-refractivity contribution in [3.05, 3.63) is 33.3 Å². The number of hydrogen-bond acceptors (Lipinski definition) is 1. The molecule has 1 aromatic rings. The Morgan fingerprint density at radius 1 is 1.40 bits per heavy atom. The molecule has 3 heteroatoms. The Bertz CT molecular complexity index is 435. The molecule has 1 nitrogen and oxygen atoms in total. The summed E-state index contributed by atoms with van der Waals surface area (Å²) in [6.45, 7) is 5.73. The molecule has 0 aliphatic heterocycles. The lowest BCUT2D eigenvalue weighted by Crippen LogP contribution is -2.39. The lowest BCUT2D eigenvalue weighted by atomic mass is 9.86. The van der Waals surface area contributed by atoms with Crippen LogP contribution in [0.2, 0.25) is 5.02 Å². The van der Waals surface area contributed by atoms with Gasteiger partial charge in [-0.3, -0.25) is 0 Å². The van der Waals surface area contributed by atoms with E-state index in [1.54, 1.807) is 0 Å². The van der Waals surface area contributed by atoms with Gasteiger partial charge >= 0.3 is 0 Å². The highest BCUT2D eigenvalue weighted by Gasteiger charge is 2.30. The molecule has 0 heterocycles. The average Bonchev–Trinajstić information content (AvgIpc) is 2.83. The van der Waals surface area contributed by atoms with E-state index in [4.69, 9.17) is 11.6 Å². The van der Waals surface area contributed by atoms with E-state index in [0.29, 0.717) is 6.04 Å². The highest BCUT2D eigenvalue weighted by Crippen LogP contribution is 2.35. The number of halogens is 2. The molecule has 1 aromatic carbocycles. The molecule has 0 radical (unpaired) electrons. The Kier molecular flexibility index (Phi) is 6.38. The lowest BCUT2D eigenvalue weighted by molar-refractivity contribution is 0.295. The molecule has 0 aromatic heterocycles.